The Balaban J connectivity index is 1.70. The monoisotopic (exact) mass is 569 g/mol. The first-order valence-electron chi connectivity index (χ1n) is 12.5. The highest BCUT2D eigenvalue weighted by atomic mass is 16.7. The van der Waals surface area contributed by atoms with Crippen LogP contribution in [0.15, 0.2) is 58.1 Å². The lowest BCUT2D eigenvalue weighted by Gasteiger charge is -2.43. The van der Waals surface area contributed by atoms with E-state index in [1.165, 1.54) is 31.4 Å². The van der Waals surface area contributed by atoms with Gasteiger partial charge in [0, 0.05) is 40.0 Å². The summed E-state index contributed by atoms with van der Waals surface area (Å²) in [5.74, 6) is -2.80. The zero-order chi connectivity index (χ0) is 29.7. The van der Waals surface area contributed by atoms with Crippen LogP contribution in [0.2, 0.25) is 0 Å². The van der Waals surface area contributed by atoms with E-state index in [0.29, 0.717) is 5.69 Å². The van der Waals surface area contributed by atoms with Gasteiger partial charge in [-0.05, 0) is 24.3 Å². The summed E-state index contributed by atoms with van der Waals surface area (Å²) in [6.45, 7) is 4.13. The molecular weight excluding hydrogens is 542 g/mol. The molecule has 0 aliphatic carbocycles. The van der Waals surface area contributed by atoms with Gasteiger partial charge in [0.25, 0.3) is 0 Å². The van der Waals surface area contributed by atoms with E-state index in [4.69, 9.17) is 32.8 Å². The third-order valence-corrected chi connectivity index (χ3v) is 5.89. The van der Waals surface area contributed by atoms with Gasteiger partial charge in [0.2, 0.25) is 17.8 Å². The lowest BCUT2D eigenvalue weighted by molar-refractivity contribution is -0.288. The highest BCUT2D eigenvalue weighted by Crippen LogP contribution is 2.32. The smallest absolute Gasteiger partial charge is 0.303 e. The van der Waals surface area contributed by atoms with Gasteiger partial charge in [-0.2, -0.15) is 0 Å². The van der Waals surface area contributed by atoms with Gasteiger partial charge in [-0.25, -0.2) is 0 Å². The van der Waals surface area contributed by atoms with Crippen LogP contribution in [0.3, 0.4) is 0 Å². The maximum absolute atomic E-state index is 13.1. The maximum Gasteiger partial charge on any atom is 0.303 e. The minimum absolute atomic E-state index is 0.132. The first kappa shape index (κ1) is 29.2. The minimum atomic E-state index is -1.44. The van der Waals surface area contributed by atoms with E-state index in [-0.39, 0.29) is 27.7 Å². The normalized spacial score (nSPS) is 21.9. The predicted octanol–water partition coefficient (Wildman–Crippen LogP) is 2.32. The molecule has 4 rings (SSSR count). The van der Waals surface area contributed by atoms with Gasteiger partial charge in [0.1, 0.15) is 30.3 Å². The number of aromatic nitrogens is 1. The van der Waals surface area contributed by atoms with Crippen LogP contribution in [0.5, 0.6) is 5.75 Å². The lowest BCUT2D eigenvalue weighted by atomic mass is 9.98. The van der Waals surface area contributed by atoms with Gasteiger partial charge < -0.3 is 32.8 Å². The predicted molar refractivity (Wildman–Crippen MR) is 138 cm³/mol. The molecule has 1 saturated heterocycles. The Morgan fingerprint density at radius 3 is 2.17 bits per heavy atom. The SMILES string of the molecule is CC(=O)OC[C@H]1O[C@@H](Oc2ccc3c(=O)c(-c4ccccn4)coc3c2)[C@H](OC(C)=O)[C@@H](OC(C)=O)[C@@H]1OC(C)=O. The number of carbonyl (C=O) groups excluding carboxylic acids is 4. The second-order valence-electron chi connectivity index (χ2n) is 9.04. The van der Waals surface area contributed by atoms with Crippen LogP contribution in [0, 0.1) is 0 Å². The molecule has 5 atom stereocenters. The number of fused-ring (bicyclic) bond motifs is 1. The zero-order valence-corrected chi connectivity index (χ0v) is 22.6. The molecule has 1 fully saturated rings. The van der Waals surface area contributed by atoms with Gasteiger partial charge in [0.15, 0.2) is 12.2 Å². The number of ether oxygens (including phenoxy) is 6. The molecule has 3 heterocycles. The van der Waals surface area contributed by atoms with Crippen molar-refractivity contribution in [1.29, 1.82) is 0 Å². The van der Waals surface area contributed by atoms with Crippen molar-refractivity contribution in [2.45, 2.75) is 58.4 Å². The summed E-state index contributed by atoms with van der Waals surface area (Å²) < 4.78 is 38.8. The number of benzene rings is 1. The first-order valence-corrected chi connectivity index (χ1v) is 12.5. The molecule has 13 heteroatoms. The van der Waals surface area contributed by atoms with Crippen molar-refractivity contribution in [2.75, 3.05) is 6.61 Å². The number of rotatable bonds is 8. The van der Waals surface area contributed by atoms with E-state index in [1.54, 1.807) is 24.4 Å². The summed E-state index contributed by atoms with van der Waals surface area (Å²) in [7, 11) is 0. The van der Waals surface area contributed by atoms with Gasteiger partial charge in [-0.1, -0.05) is 6.07 Å². The van der Waals surface area contributed by atoms with Crippen LogP contribution >= 0.6 is 0 Å². The number of pyridine rings is 1. The average Bonchev–Trinajstić information content (AvgIpc) is 2.91. The second kappa shape index (κ2) is 12.6. The standard InChI is InChI=1S/C28H27NO12/c1-14(30)35-13-23-25(37-15(2)31)26(38-16(3)32)27(39-17(4)33)28(41-23)40-18-8-9-19-22(11-18)36-12-20(24(19)34)21-7-5-6-10-29-21/h5-12,23,25-28H,13H2,1-4H3/t23-,25-,26+,27-,28-/m1/s1. The fraction of sp³-hybridized carbons (Fsp3) is 0.357. The number of hydrogen-bond acceptors (Lipinski definition) is 13. The Hall–Kier alpha value is -4.78. The Morgan fingerprint density at radius 2 is 1.54 bits per heavy atom. The molecule has 0 bridgehead atoms. The van der Waals surface area contributed by atoms with E-state index in [9.17, 15) is 24.0 Å². The molecule has 0 amide bonds. The Bertz CT molecular complexity index is 1500. The van der Waals surface area contributed by atoms with Crippen molar-refractivity contribution in [2.24, 2.45) is 0 Å². The molecule has 1 aliphatic heterocycles. The molecule has 1 aliphatic rings. The number of carbonyl (C=O) groups is 4. The fourth-order valence-electron chi connectivity index (χ4n) is 4.30. The molecule has 0 N–H and O–H groups in total. The fourth-order valence-corrected chi connectivity index (χ4v) is 4.30. The van der Waals surface area contributed by atoms with Gasteiger partial charge in [0.05, 0.1) is 16.6 Å². The maximum atomic E-state index is 13.1. The summed E-state index contributed by atoms with van der Waals surface area (Å²) in [5.41, 5.74) is 0.578. The van der Waals surface area contributed by atoms with Crippen molar-refractivity contribution in [1.82, 2.24) is 4.98 Å². The van der Waals surface area contributed by atoms with E-state index in [1.807, 2.05) is 0 Å². The molecule has 0 radical (unpaired) electrons. The van der Waals surface area contributed by atoms with Crippen LogP contribution in [0.1, 0.15) is 27.7 Å². The number of hydrogen-bond donors (Lipinski definition) is 0. The largest absolute Gasteiger partial charge is 0.463 e. The number of esters is 4. The number of nitrogens with zero attached hydrogens (tertiary/aromatic N) is 1. The third kappa shape index (κ3) is 7.06. The quantitative estimate of drug-likeness (QED) is 0.287. The van der Waals surface area contributed by atoms with Crippen molar-refractivity contribution < 1.29 is 52.0 Å². The highest BCUT2D eigenvalue weighted by molar-refractivity contribution is 5.82. The highest BCUT2D eigenvalue weighted by Gasteiger charge is 2.53. The molecule has 13 nitrogen and oxygen atoms in total. The van der Waals surface area contributed by atoms with Crippen LogP contribution in [-0.2, 0) is 42.9 Å². The summed E-state index contributed by atoms with van der Waals surface area (Å²) >= 11 is 0. The molecule has 41 heavy (non-hydrogen) atoms. The van der Waals surface area contributed by atoms with Crippen molar-refractivity contribution in [3.05, 3.63) is 59.1 Å². The third-order valence-electron chi connectivity index (χ3n) is 5.89. The van der Waals surface area contributed by atoms with Crippen LogP contribution in [0.4, 0.5) is 0 Å². The Kier molecular flexibility index (Phi) is 8.97. The van der Waals surface area contributed by atoms with Gasteiger partial charge >= 0.3 is 23.9 Å². The Labute approximate surface area is 233 Å². The summed E-state index contributed by atoms with van der Waals surface area (Å²) in [5, 5.41) is 0.252. The first-order chi connectivity index (χ1) is 19.5. The van der Waals surface area contributed by atoms with E-state index in [2.05, 4.69) is 4.98 Å². The Morgan fingerprint density at radius 1 is 0.854 bits per heavy atom. The van der Waals surface area contributed by atoms with Crippen molar-refractivity contribution >= 4 is 34.8 Å². The summed E-state index contributed by atoms with van der Waals surface area (Å²) in [4.78, 5) is 64.7. The average molecular weight is 570 g/mol. The van der Waals surface area contributed by atoms with Crippen LogP contribution in [-0.4, -0.2) is 66.2 Å². The van der Waals surface area contributed by atoms with E-state index >= 15 is 0 Å². The topological polar surface area (TPSA) is 167 Å². The molecule has 0 spiro atoms. The summed E-state index contributed by atoms with van der Waals surface area (Å²) in [6, 6.07) is 9.52. The molecule has 216 valence electrons. The molecule has 1 aromatic carbocycles. The van der Waals surface area contributed by atoms with Crippen molar-refractivity contribution in [3.8, 4) is 17.0 Å². The molecular formula is C28H27NO12. The zero-order valence-electron chi connectivity index (χ0n) is 22.6. The van der Waals surface area contributed by atoms with Crippen LogP contribution < -0.4 is 10.2 Å². The summed E-state index contributed by atoms with van der Waals surface area (Å²) in [6.07, 6.45) is -3.90. The van der Waals surface area contributed by atoms with E-state index < -0.39 is 61.2 Å². The molecule has 2 aromatic heterocycles. The lowest BCUT2D eigenvalue weighted by Crippen LogP contribution is -2.63. The van der Waals surface area contributed by atoms with Gasteiger partial charge in [-0.3, -0.25) is 29.0 Å². The van der Waals surface area contributed by atoms with Crippen molar-refractivity contribution in [3.63, 3.8) is 0 Å². The van der Waals surface area contributed by atoms with E-state index in [0.717, 1.165) is 20.8 Å². The van der Waals surface area contributed by atoms with Gasteiger partial charge in [-0.15, -0.1) is 0 Å². The second-order valence-corrected chi connectivity index (χ2v) is 9.04. The molecule has 0 saturated carbocycles. The van der Waals surface area contributed by atoms with Crippen LogP contribution in [0.25, 0.3) is 22.2 Å². The molecule has 0 unspecified atom stereocenters. The minimum Gasteiger partial charge on any atom is -0.463 e. The molecule has 3 aromatic rings.